The first-order valence-corrected chi connectivity index (χ1v) is 12.9. The highest BCUT2D eigenvalue weighted by atomic mass is 35.5. The summed E-state index contributed by atoms with van der Waals surface area (Å²) in [5.74, 6) is 0.465. The molecule has 1 saturated carbocycles. The van der Waals surface area contributed by atoms with E-state index in [0.29, 0.717) is 28.7 Å². The summed E-state index contributed by atoms with van der Waals surface area (Å²) in [5.41, 5.74) is 3.28. The van der Waals surface area contributed by atoms with E-state index in [-0.39, 0.29) is 23.3 Å². The lowest BCUT2D eigenvalue weighted by Crippen LogP contribution is -2.39. The molecule has 1 heterocycles. The minimum atomic E-state index is -0.320. The van der Waals surface area contributed by atoms with E-state index in [4.69, 9.17) is 11.6 Å². The molecular weight excluding hydrogens is 488 g/mol. The van der Waals surface area contributed by atoms with Gasteiger partial charge in [0.15, 0.2) is 6.29 Å². The van der Waals surface area contributed by atoms with E-state index in [9.17, 15) is 9.59 Å². The van der Waals surface area contributed by atoms with Gasteiger partial charge in [0.1, 0.15) is 0 Å². The first-order valence-electron chi connectivity index (χ1n) is 12.6. The van der Waals surface area contributed by atoms with E-state index < -0.39 is 0 Å². The highest BCUT2D eigenvalue weighted by Gasteiger charge is 2.32. The van der Waals surface area contributed by atoms with Crippen molar-refractivity contribution in [3.8, 4) is 0 Å². The molecule has 1 amide bonds. The molecule has 194 valence electrons. The Morgan fingerprint density at radius 1 is 1.14 bits per heavy atom. The van der Waals surface area contributed by atoms with Crippen molar-refractivity contribution >= 4 is 35.8 Å². The number of aromatic amines is 1. The number of carbonyl (C=O) groups is 2. The summed E-state index contributed by atoms with van der Waals surface area (Å²) in [6.07, 6.45) is 7.14. The van der Waals surface area contributed by atoms with E-state index in [1.54, 1.807) is 12.1 Å². The normalized spacial score (nSPS) is 18.3. The van der Waals surface area contributed by atoms with Crippen LogP contribution in [0, 0.1) is 11.3 Å². The van der Waals surface area contributed by atoms with Crippen LogP contribution in [0.5, 0.6) is 0 Å². The maximum absolute atomic E-state index is 12.5. The van der Waals surface area contributed by atoms with Crippen LogP contribution in [-0.2, 0) is 11.3 Å². The zero-order chi connectivity index (χ0) is 26.4. The molecule has 0 bridgehead atoms. The summed E-state index contributed by atoms with van der Waals surface area (Å²) in [4.78, 5) is 27.1. The molecule has 3 aromatic rings. The third kappa shape index (κ3) is 7.04. The quantitative estimate of drug-likeness (QED) is 0.289. The topological polar surface area (TPSA) is 104 Å². The summed E-state index contributed by atoms with van der Waals surface area (Å²) >= 11 is 6.20. The van der Waals surface area contributed by atoms with Gasteiger partial charge in [0.2, 0.25) is 0 Å². The molecule has 0 spiro atoms. The van der Waals surface area contributed by atoms with Crippen molar-refractivity contribution in [3.05, 3.63) is 75.9 Å². The Kier molecular flexibility index (Phi) is 8.38. The predicted octanol–water partition coefficient (Wildman–Crippen LogP) is 5.75. The fourth-order valence-corrected chi connectivity index (χ4v) is 5.18. The lowest BCUT2D eigenvalue weighted by molar-refractivity contribution is -0.106. The van der Waals surface area contributed by atoms with Crippen molar-refractivity contribution in [2.45, 2.75) is 59.0 Å². The molecule has 37 heavy (non-hydrogen) atoms. The molecule has 0 aliphatic heterocycles. The maximum Gasteiger partial charge on any atom is 0.270 e. The lowest BCUT2D eigenvalue weighted by atomic mass is 9.71. The molecule has 0 unspecified atom stereocenters. The van der Waals surface area contributed by atoms with Crippen LogP contribution in [0.1, 0.15) is 67.9 Å². The molecule has 4 rings (SSSR count). The molecular formula is C28H33ClN6O2. The number of tetrazole rings is 1. The molecule has 8 nitrogen and oxygen atoms in total. The zero-order valence-corrected chi connectivity index (χ0v) is 22.2. The first-order chi connectivity index (χ1) is 17.7. The number of hydrogen-bond donors (Lipinski definition) is 2. The van der Waals surface area contributed by atoms with Gasteiger partial charge in [0, 0.05) is 23.2 Å². The third-order valence-electron chi connectivity index (χ3n) is 7.12. The molecule has 2 aromatic carbocycles. The fraction of sp³-hybridized carbons (Fsp3) is 0.393. The summed E-state index contributed by atoms with van der Waals surface area (Å²) in [5, 5.41) is 16.5. The number of aromatic nitrogens is 4. The number of carbonyl (C=O) groups excluding carboxylic acids is 2. The van der Waals surface area contributed by atoms with Crippen molar-refractivity contribution in [1.29, 1.82) is 0 Å². The van der Waals surface area contributed by atoms with Gasteiger partial charge in [-0.25, -0.2) is 0 Å². The second-order valence-electron chi connectivity index (χ2n) is 10.6. The molecule has 2 N–H and O–H groups in total. The number of halogens is 1. The second-order valence-corrected chi connectivity index (χ2v) is 11.1. The fourth-order valence-electron chi connectivity index (χ4n) is 4.98. The van der Waals surface area contributed by atoms with Crippen LogP contribution in [0.2, 0.25) is 5.02 Å². The minimum Gasteiger partial charge on any atom is -0.362 e. The Morgan fingerprint density at radius 2 is 1.86 bits per heavy atom. The van der Waals surface area contributed by atoms with Gasteiger partial charge in [-0.3, -0.25) is 14.9 Å². The average Bonchev–Trinajstić information content (AvgIpc) is 3.39. The Bertz CT molecular complexity index is 1230. The van der Waals surface area contributed by atoms with Gasteiger partial charge in [-0.05, 0) is 83.7 Å². The first kappa shape index (κ1) is 26.5. The van der Waals surface area contributed by atoms with Crippen LogP contribution in [0.15, 0.2) is 54.2 Å². The predicted molar refractivity (Wildman–Crippen MR) is 145 cm³/mol. The van der Waals surface area contributed by atoms with Crippen LogP contribution in [-0.4, -0.2) is 43.8 Å². The summed E-state index contributed by atoms with van der Waals surface area (Å²) in [6.45, 7) is 7.48. The van der Waals surface area contributed by atoms with Crippen molar-refractivity contribution in [2.75, 3.05) is 5.32 Å². The van der Waals surface area contributed by atoms with Gasteiger partial charge < -0.3 is 4.90 Å². The lowest BCUT2D eigenvalue weighted by Gasteiger charge is -2.42. The van der Waals surface area contributed by atoms with Crippen LogP contribution >= 0.6 is 11.6 Å². The van der Waals surface area contributed by atoms with E-state index in [1.165, 1.54) is 0 Å². The largest absolute Gasteiger partial charge is 0.362 e. The number of amides is 1. The summed E-state index contributed by atoms with van der Waals surface area (Å²) < 4.78 is 0. The molecule has 9 heteroatoms. The van der Waals surface area contributed by atoms with Gasteiger partial charge in [-0.2, -0.15) is 5.21 Å². The standard InChI is InChI=1S/C28H33ClN6O2/c1-28(2,3)22-11-13-24(14-12-22)35(25(18-36)16-20-5-4-6-23(29)15-20)17-19-7-9-21(10-8-19)26(37)30-27-31-33-34-32-27/h4-10,15-16,18,22,24H,11-14,17H2,1-3H3,(H2,30,31,32,33,34,37)/b25-16+. The van der Waals surface area contributed by atoms with Crippen LogP contribution in [0.4, 0.5) is 5.95 Å². The number of allylic oxidation sites excluding steroid dienone is 1. The number of rotatable bonds is 8. The number of aldehydes is 1. The van der Waals surface area contributed by atoms with Crippen molar-refractivity contribution in [3.63, 3.8) is 0 Å². The molecule has 1 aromatic heterocycles. The Hall–Kier alpha value is -3.52. The van der Waals surface area contributed by atoms with E-state index >= 15 is 0 Å². The highest BCUT2D eigenvalue weighted by molar-refractivity contribution is 6.30. The van der Waals surface area contributed by atoms with Gasteiger partial charge in [0.05, 0.1) is 5.70 Å². The summed E-state index contributed by atoms with van der Waals surface area (Å²) in [6, 6.07) is 15.1. The van der Waals surface area contributed by atoms with Crippen molar-refractivity contribution < 1.29 is 9.59 Å². The molecule has 0 radical (unpaired) electrons. The average molecular weight is 521 g/mol. The number of hydrogen-bond acceptors (Lipinski definition) is 6. The number of benzene rings is 2. The zero-order valence-electron chi connectivity index (χ0n) is 21.4. The van der Waals surface area contributed by atoms with Crippen LogP contribution in [0.25, 0.3) is 6.08 Å². The van der Waals surface area contributed by atoms with E-state index in [2.05, 4.69) is 51.6 Å². The Labute approximate surface area is 222 Å². The molecule has 1 aliphatic carbocycles. The van der Waals surface area contributed by atoms with Crippen LogP contribution < -0.4 is 5.32 Å². The SMILES string of the molecule is CC(C)(C)C1CCC(N(Cc2ccc(C(=O)Nc3nn[nH]n3)cc2)/C(C=O)=C/c2cccc(Cl)c2)CC1. The minimum absolute atomic E-state index is 0.118. The second kappa shape index (κ2) is 11.7. The summed E-state index contributed by atoms with van der Waals surface area (Å²) in [7, 11) is 0. The Balaban J connectivity index is 1.56. The maximum atomic E-state index is 12.5. The number of H-pyrrole nitrogens is 1. The molecule has 1 fully saturated rings. The van der Waals surface area contributed by atoms with E-state index in [0.717, 1.165) is 43.1 Å². The van der Waals surface area contributed by atoms with Crippen molar-refractivity contribution in [2.24, 2.45) is 11.3 Å². The third-order valence-corrected chi connectivity index (χ3v) is 7.35. The smallest absolute Gasteiger partial charge is 0.270 e. The van der Waals surface area contributed by atoms with Crippen LogP contribution in [0.3, 0.4) is 0 Å². The molecule has 0 saturated heterocycles. The number of nitrogens with one attached hydrogen (secondary N) is 2. The monoisotopic (exact) mass is 520 g/mol. The number of nitrogens with zero attached hydrogens (tertiary/aromatic N) is 4. The molecule has 0 atom stereocenters. The molecule has 1 aliphatic rings. The van der Waals surface area contributed by atoms with Gasteiger partial charge in [-0.1, -0.05) is 61.7 Å². The van der Waals surface area contributed by atoms with Gasteiger partial charge in [-0.15, -0.1) is 5.10 Å². The Morgan fingerprint density at radius 3 is 2.46 bits per heavy atom. The highest BCUT2D eigenvalue weighted by Crippen LogP contribution is 2.40. The van der Waals surface area contributed by atoms with Crippen molar-refractivity contribution in [1.82, 2.24) is 25.5 Å². The van der Waals surface area contributed by atoms with Gasteiger partial charge >= 0.3 is 0 Å². The van der Waals surface area contributed by atoms with Gasteiger partial charge in [0.25, 0.3) is 11.9 Å². The van der Waals surface area contributed by atoms with E-state index in [1.807, 2.05) is 42.5 Å². The number of anilines is 1.